The van der Waals surface area contributed by atoms with Crippen LogP contribution in [0.15, 0.2) is 48.8 Å². The van der Waals surface area contributed by atoms with Gasteiger partial charge in [0, 0.05) is 0 Å². The fourth-order valence-electron chi connectivity index (χ4n) is 5.48. The van der Waals surface area contributed by atoms with Crippen LogP contribution < -0.4 is 15.3 Å². The van der Waals surface area contributed by atoms with Crippen molar-refractivity contribution in [2.75, 3.05) is 12.8 Å². The van der Waals surface area contributed by atoms with Crippen molar-refractivity contribution in [2.45, 2.75) is 77.1 Å². The van der Waals surface area contributed by atoms with Crippen LogP contribution in [-0.4, -0.2) is 69.1 Å². The smallest absolute Gasteiger partial charge is 0.459 e. The molecule has 5 rings (SSSR count). The van der Waals surface area contributed by atoms with Gasteiger partial charge in [0.2, 0.25) is 5.60 Å². The van der Waals surface area contributed by atoms with Gasteiger partial charge < -0.3 is 29.2 Å². The average Bonchev–Trinajstić information content (AvgIpc) is 3.28. The van der Waals surface area contributed by atoms with Gasteiger partial charge in [-0.25, -0.2) is 14.1 Å². The summed E-state index contributed by atoms with van der Waals surface area (Å²) in [4.78, 5) is 42.9. The summed E-state index contributed by atoms with van der Waals surface area (Å²) in [7, 11) is -3.29. The number of fused-ring (bicyclic) bond motifs is 2. The van der Waals surface area contributed by atoms with E-state index in [1.807, 2.05) is 0 Å². The molecule has 0 radical (unpaired) electrons. The number of benzene rings is 1. The van der Waals surface area contributed by atoms with Gasteiger partial charge in [-0.3, -0.25) is 18.9 Å². The molecule has 2 aromatic heterocycles. The van der Waals surface area contributed by atoms with Crippen molar-refractivity contribution in [2.24, 2.45) is 11.8 Å². The summed E-state index contributed by atoms with van der Waals surface area (Å²) in [5.41, 5.74) is 3.63. The Kier molecular flexibility index (Phi) is 8.90. The first-order valence-corrected chi connectivity index (χ1v) is 16.3. The molecule has 1 saturated carbocycles. The number of methoxy groups -OCH3 is 1. The van der Waals surface area contributed by atoms with E-state index in [9.17, 15) is 18.9 Å². The highest BCUT2D eigenvalue weighted by Gasteiger charge is 2.91. The normalized spacial score (nSPS) is 27.1. The fourth-order valence-corrected chi connectivity index (χ4v) is 7.25. The van der Waals surface area contributed by atoms with E-state index < -0.39 is 73.0 Å². The Labute approximate surface area is 265 Å². The summed E-state index contributed by atoms with van der Waals surface area (Å²) in [5.74, 6) is -2.79. The predicted octanol–water partition coefficient (Wildman–Crippen LogP) is 3.38. The van der Waals surface area contributed by atoms with Gasteiger partial charge in [-0.2, -0.15) is 10.2 Å². The van der Waals surface area contributed by atoms with Crippen LogP contribution in [-0.2, 0) is 42.4 Å². The maximum absolute atomic E-state index is 14.5. The summed E-state index contributed by atoms with van der Waals surface area (Å²) in [6.07, 6.45) is -2.38. The van der Waals surface area contributed by atoms with Crippen molar-refractivity contribution in [3.05, 3.63) is 54.5 Å². The van der Waals surface area contributed by atoms with Gasteiger partial charge in [0.05, 0.1) is 24.6 Å². The molecule has 248 valence electrons. The Hall–Kier alpha value is -4.04. The van der Waals surface area contributed by atoms with Gasteiger partial charge in [-0.15, -0.1) is 0 Å². The molecule has 16 heteroatoms. The molecule has 1 unspecified atom stereocenters. The molecule has 15 nitrogen and oxygen atoms in total. The number of nitrogen functional groups attached to an aromatic ring is 1. The third-order valence-corrected chi connectivity index (χ3v) is 9.67. The van der Waals surface area contributed by atoms with Crippen LogP contribution in [0.25, 0.3) is 5.52 Å². The second-order valence-electron chi connectivity index (χ2n) is 12.0. The molecule has 46 heavy (non-hydrogen) atoms. The number of anilines is 1. The van der Waals surface area contributed by atoms with Crippen molar-refractivity contribution in [3.63, 3.8) is 0 Å². The lowest BCUT2D eigenvalue weighted by atomic mass is 10.0. The van der Waals surface area contributed by atoms with Crippen molar-refractivity contribution >= 4 is 37.0 Å². The molecular formula is C30H38N5O10P. The first-order chi connectivity index (χ1) is 21.7. The second kappa shape index (κ2) is 12.3. The van der Waals surface area contributed by atoms with E-state index in [1.165, 1.54) is 24.9 Å². The third kappa shape index (κ3) is 5.72. The molecule has 3 aromatic rings. The Morgan fingerprint density at radius 1 is 1.02 bits per heavy atom. The van der Waals surface area contributed by atoms with Crippen LogP contribution in [0.4, 0.5) is 5.82 Å². The Morgan fingerprint density at radius 3 is 2.33 bits per heavy atom. The number of aromatic nitrogens is 3. The zero-order chi connectivity index (χ0) is 33.6. The van der Waals surface area contributed by atoms with E-state index in [0.29, 0.717) is 11.2 Å². The molecule has 0 spiro atoms. The number of esters is 3. The highest BCUT2D eigenvalue weighted by molar-refractivity contribution is 7.52. The molecule has 2 fully saturated rings. The van der Waals surface area contributed by atoms with E-state index in [-0.39, 0.29) is 11.6 Å². The maximum Gasteiger partial charge on any atom is 0.459 e. The number of hydrogen-bond donors (Lipinski definition) is 2. The van der Waals surface area contributed by atoms with Crippen LogP contribution >= 0.6 is 7.75 Å². The predicted molar refractivity (Wildman–Crippen MR) is 162 cm³/mol. The highest BCUT2D eigenvalue weighted by atomic mass is 31.2. The molecule has 1 saturated heterocycles. The van der Waals surface area contributed by atoms with E-state index >= 15 is 0 Å². The average molecular weight is 660 g/mol. The van der Waals surface area contributed by atoms with Crippen LogP contribution in [0, 0.1) is 11.8 Å². The van der Waals surface area contributed by atoms with E-state index in [0.717, 1.165) is 0 Å². The maximum atomic E-state index is 14.5. The highest BCUT2D eigenvalue weighted by Crippen LogP contribution is 2.71. The zero-order valence-corrected chi connectivity index (χ0v) is 27.4. The van der Waals surface area contributed by atoms with E-state index in [1.54, 1.807) is 77.1 Å². The molecule has 7 atom stereocenters. The number of nitrogens with two attached hydrogens (primary N) is 1. The standard InChI is InChI=1S/C30H38N5O10P/c1-16(2)25(36)41-23-22(20-13-14-21-24(31)32-15-33-35(20)21)42-29(6)28(30(23,29)43-26(37)17(3)4)45-46(39,34-18(5)27(38)40-7)44-19-11-9-8-10-12-19/h8-18,22-23,28H,1-7H3,(H,34,39)(H2,31,32,33)/t18-,22-,23-,28?,29+,30+,46+/m0/s1. The van der Waals surface area contributed by atoms with Crippen LogP contribution in [0.2, 0.25) is 0 Å². The Morgan fingerprint density at radius 2 is 1.70 bits per heavy atom. The number of carbonyl (C=O) groups is 3. The number of rotatable bonds is 12. The quantitative estimate of drug-likeness (QED) is 0.163. The van der Waals surface area contributed by atoms with Crippen molar-refractivity contribution in [3.8, 4) is 5.75 Å². The number of nitrogens with one attached hydrogen (secondary N) is 1. The minimum absolute atomic E-state index is 0.165. The minimum Gasteiger partial charge on any atom is -0.468 e. The number of hydrogen-bond acceptors (Lipinski definition) is 13. The topological polar surface area (TPSA) is 192 Å². The summed E-state index contributed by atoms with van der Waals surface area (Å²) in [6, 6.07) is 10.4. The first kappa shape index (κ1) is 33.3. The lowest BCUT2D eigenvalue weighted by molar-refractivity contribution is -0.181. The Balaban J connectivity index is 1.61. The number of carbonyl (C=O) groups excluding carboxylic acids is 3. The first-order valence-electron chi connectivity index (χ1n) is 14.8. The molecule has 0 amide bonds. The summed E-state index contributed by atoms with van der Waals surface area (Å²) >= 11 is 0. The van der Waals surface area contributed by atoms with Gasteiger partial charge in [0.25, 0.3) is 0 Å². The lowest BCUT2D eigenvalue weighted by Gasteiger charge is -2.31. The minimum atomic E-state index is -4.47. The molecule has 1 aliphatic heterocycles. The summed E-state index contributed by atoms with van der Waals surface area (Å²) in [5, 5.41) is 6.90. The van der Waals surface area contributed by atoms with Crippen LogP contribution in [0.3, 0.4) is 0 Å². The summed E-state index contributed by atoms with van der Waals surface area (Å²) < 4.78 is 51.5. The van der Waals surface area contributed by atoms with Gasteiger partial charge >= 0.3 is 25.7 Å². The number of ether oxygens (including phenoxy) is 4. The van der Waals surface area contributed by atoms with Crippen molar-refractivity contribution < 1.29 is 46.9 Å². The number of nitrogens with zero attached hydrogens (tertiary/aromatic N) is 3. The molecular weight excluding hydrogens is 621 g/mol. The SMILES string of the molecule is COC(=O)[C@H](C)N[P@@](=O)(Oc1ccccc1)OC1[C@@]2(C)O[C@@H](c3ccc4c(N)ncnn34)[C@H](OC(=O)C(C)C)[C@@]12OC(=O)C(C)C. The molecule has 1 aliphatic carbocycles. The van der Waals surface area contributed by atoms with Crippen molar-refractivity contribution in [1.82, 2.24) is 19.7 Å². The molecule has 3 heterocycles. The summed E-state index contributed by atoms with van der Waals surface area (Å²) in [6.45, 7) is 9.60. The van der Waals surface area contributed by atoms with E-state index in [4.69, 9.17) is 33.7 Å². The lowest BCUT2D eigenvalue weighted by Crippen LogP contribution is -2.44. The zero-order valence-electron chi connectivity index (χ0n) is 26.5. The van der Waals surface area contributed by atoms with Crippen LogP contribution in [0.5, 0.6) is 5.75 Å². The van der Waals surface area contributed by atoms with Gasteiger partial charge in [-0.05, 0) is 38.1 Å². The number of para-hydroxylation sites is 1. The van der Waals surface area contributed by atoms with E-state index in [2.05, 4.69) is 15.2 Å². The monoisotopic (exact) mass is 659 g/mol. The molecule has 3 N–H and O–H groups in total. The van der Waals surface area contributed by atoms with Gasteiger partial charge in [0.15, 0.2) is 11.9 Å². The van der Waals surface area contributed by atoms with Crippen LogP contribution in [0.1, 0.15) is 53.3 Å². The van der Waals surface area contributed by atoms with Crippen molar-refractivity contribution in [1.29, 1.82) is 0 Å². The largest absolute Gasteiger partial charge is 0.468 e. The molecule has 2 aliphatic rings. The molecule has 1 aromatic carbocycles. The van der Waals surface area contributed by atoms with Gasteiger partial charge in [0.1, 0.15) is 41.4 Å². The van der Waals surface area contributed by atoms with Gasteiger partial charge in [-0.1, -0.05) is 45.9 Å². The third-order valence-electron chi connectivity index (χ3n) is 8.03. The molecule has 0 bridgehead atoms. The fraction of sp³-hybridized carbons (Fsp3) is 0.500. The Bertz CT molecular complexity index is 1680. The second-order valence-corrected chi connectivity index (χ2v) is 13.6.